The molecule has 0 amide bonds. The Hall–Kier alpha value is -2.18. The topological polar surface area (TPSA) is 63.7 Å². The predicted octanol–water partition coefficient (Wildman–Crippen LogP) is 2.99. The first kappa shape index (κ1) is 17.2. The molecule has 0 aliphatic carbocycles. The third-order valence-corrected chi connectivity index (χ3v) is 7.08. The van der Waals surface area contributed by atoms with Crippen LogP contribution in [0.5, 0.6) is 0 Å². The molecule has 26 heavy (non-hydrogen) atoms. The molecule has 0 saturated carbocycles. The quantitative estimate of drug-likeness (QED) is 0.778. The van der Waals surface area contributed by atoms with Gasteiger partial charge >= 0.3 is 5.97 Å². The van der Waals surface area contributed by atoms with Crippen molar-refractivity contribution in [1.29, 1.82) is 0 Å². The molecular formula is C20H21NO4S. The maximum absolute atomic E-state index is 13.3. The third kappa shape index (κ3) is 2.93. The van der Waals surface area contributed by atoms with E-state index in [1.807, 2.05) is 31.2 Å². The fourth-order valence-corrected chi connectivity index (χ4v) is 5.48. The summed E-state index contributed by atoms with van der Waals surface area (Å²) in [7, 11) is -3.68. The minimum atomic E-state index is -3.68. The maximum Gasteiger partial charge on any atom is 0.306 e. The van der Waals surface area contributed by atoms with Crippen molar-refractivity contribution in [2.75, 3.05) is 6.54 Å². The Morgan fingerprint density at radius 3 is 2.46 bits per heavy atom. The lowest BCUT2D eigenvalue weighted by Crippen LogP contribution is -2.45. The van der Waals surface area contributed by atoms with Crippen molar-refractivity contribution in [3.05, 3.63) is 65.2 Å². The van der Waals surface area contributed by atoms with Gasteiger partial charge in [-0.2, -0.15) is 4.31 Å². The lowest BCUT2D eigenvalue weighted by molar-refractivity contribution is -0.143. The summed E-state index contributed by atoms with van der Waals surface area (Å²) in [6.45, 7) is 2.31. The van der Waals surface area contributed by atoms with Crippen LogP contribution in [0.2, 0.25) is 0 Å². The third-order valence-electron chi connectivity index (χ3n) is 5.18. The van der Waals surface area contributed by atoms with E-state index in [2.05, 4.69) is 0 Å². The molecule has 136 valence electrons. The van der Waals surface area contributed by atoms with Crippen molar-refractivity contribution >= 4 is 16.0 Å². The number of hydrogen-bond acceptors (Lipinski definition) is 4. The first-order valence-corrected chi connectivity index (χ1v) is 10.3. The van der Waals surface area contributed by atoms with Crippen LogP contribution in [0.4, 0.5) is 0 Å². The average Bonchev–Trinajstić information content (AvgIpc) is 3.07. The van der Waals surface area contributed by atoms with E-state index in [1.54, 1.807) is 24.3 Å². The van der Waals surface area contributed by atoms with Crippen molar-refractivity contribution in [1.82, 2.24) is 4.31 Å². The zero-order valence-electron chi connectivity index (χ0n) is 14.6. The van der Waals surface area contributed by atoms with Crippen molar-refractivity contribution in [3.63, 3.8) is 0 Å². The highest BCUT2D eigenvalue weighted by Crippen LogP contribution is 2.40. The normalized spacial score (nSPS) is 23.5. The van der Waals surface area contributed by atoms with Gasteiger partial charge in [0, 0.05) is 13.0 Å². The molecule has 0 unspecified atom stereocenters. The van der Waals surface area contributed by atoms with E-state index >= 15 is 0 Å². The van der Waals surface area contributed by atoms with Crippen molar-refractivity contribution in [2.24, 2.45) is 0 Å². The number of hydrogen-bond donors (Lipinski definition) is 0. The number of carbonyl (C=O) groups is 1. The second kappa shape index (κ2) is 6.52. The number of nitrogens with zero attached hydrogens (tertiary/aromatic N) is 1. The number of carbonyl (C=O) groups excluding carboxylic acids is 1. The molecule has 2 aromatic carbocycles. The highest BCUT2D eigenvalue weighted by molar-refractivity contribution is 7.89. The van der Waals surface area contributed by atoms with E-state index in [1.165, 1.54) is 4.31 Å². The number of aryl methyl sites for hydroxylation is 1. The molecule has 2 aliphatic rings. The van der Waals surface area contributed by atoms with E-state index < -0.39 is 22.2 Å². The molecular weight excluding hydrogens is 350 g/mol. The summed E-state index contributed by atoms with van der Waals surface area (Å²) in [6, 6.07) is 14.2. The second-order valence-corrected chi connectivity index (χ2v) is 8.78. The van der Waals surface area contributed by atoms with E-state index in [-0.39, 0.29) is 10.9 Å². The average molecular weight is 371 g/mol. The number of sulfonamides is 1. The van der Waals surface area contributed by atoms with Gasteiger partial charge in [0.2, 0.25) is 10.0 Å². The maximum atomic E-state index is 13.3. The van der Waals surface area contributed by atoms with E-state index in [4.69, 9.17) is 4.74 Å². The Balaban J connectivity index is 1.79. The van der Waals surface area contributed by atoms with Crippen LogP contribution in [0.15, 0.2) is 53.4 Å². The van der Waals surface area contributed by atoms with Gasteiger partial charge in [-0.1, -0.05) is 42.0 Å². The van der Waals surface area contributed by atoms with Crippen LogP contribution in [-0.4, -0.2) is 31.3 Å². The number of ether oxygens (including phenoxy) is 1. The summed E-state index contributed by atoms with van der Waals surface area (Å²) in [5.74, 6) is -0.259. The Morgan fingerprint density at radius 1 is 1.04 bits per heavy atom. The van der Waals surface area contributed by atoms with E-state index in [9.17, 15) is 13.2 Å². The van der Waals surface area contributed by atoms with Crippen molar-refractivity contribution in [2.45, 2.75) is 43.2 Å². The highest BCUT2D eigenvalue weighted by atomic mass is 32.2. The fraction of sp³-hybridized carbons (Fsp3) is 0.350. The fourth-order valence-electron chi connectivity index (χ4n) is 3.85. The molecule has 1 saturated heterocycles. The van der Waals surface area contributed by atoms with E-state index in [0.717, 1.165) is 16.7 Å². The molecule has 0 aromatic heterocycles. The molecule has 0 radical (unpaired) electrons. The number of rotatable bonds is 3. The Bertz CT molecular complexity index is 937. The monoisotopic (exact) mass is 371 g/mol. The van der Waals surface area contributed by atoms with Crippen molar-refractivity contribution < 1.29 is 17.9 Å². The van der Waals surface area contributed by atoms with E-state index in [0.29, 0.717) is 25.8 Å². The number of cyclic esters (lactones) is 1. The minimum Gasteiger partial charge on any atom is -0.460 e. The Labute approximate surface area is 153 Å². The largest absolute Gasteiger partial charge is 0.460 e. The number of fused-ring (bicyclic) bond motifs is 1. The summed E-state index contributed by atoms with van der Waals surface area (Å²) in [6.07, 6.45) is 1.09. The zero-order chi connectivity index (χ0) is 18.3. The predicted molar refractivity (Wildman–Crippen MR) is 97.1 cm³/mol. The second-order valence-electron chi connectivity index (χ2n) is 6.89. The molecule has 2 aliphatic heterocycles. The van der Waals surface area contributed by atoms with Gasteiger partial charge in [0.05, 0.1) is 10.9 Å². The van der Waals surface area contributed by atoms with Crippen molar-refractivity contribution in [3.8, 4) is 0 Å². The lowest BCUT2D eigenvalue weighted by Gasteiger charge is -2.38. The molecule has 6 heteroatoms. The SMILES string of the molecule is Cc1ccc(S(=O)(=O)N2CCc3ccccc3[C@@H]2[C@H]2CCC(=O)O2)cc1. The summed E-state index contributed by atoms with van der Waals surface area (Å²) >= 11 is 0. The number of esters is 1. The van der Waals surface area contributed by atoms with Crippen LogP contribution >= 0.6 is 0 Å². The van der Waals surface area contributed by atoms with Gasteiger partial charge in [-0.3, -0.25) is 4.79 Å². The number of benzene rings is 2. The Morgan fingerprint density at radius 2 is 1.77 bits per heavy atom. The molecule has 0 spiro atoms. The molecule has 2 heterocycles. The van der Waals surface area contributed by atoms with Gasteiger partial charge in [-0.05, 0) is 43.0 Å². The summed E-state index contributed by atoms with van der Waals surface area (Å²) in [5.41, 5.74) is 3.07. The summed E-state index contributed by atoms with van der Waals surface area (Å²) < 4.78 is 33.7. The standard InChI is InChI=1S/C20H21NO4S/c1-14-6-8-16(9-7-14)26(23,24)21-13-12-15-4-2-3-5-17(15)20(21)18-10-11-19(22)25-18/h2-9,18,20H,10-13H2,1H3/t18-,20-/m1/s1. The van der Waals surface area contributed by atoms with Gasteiger partial charge in [0.25, 0.3) is 0 Å². The van der Waals surface area contributed by atoms with Crippen LogP contribution < -0.4 is 0 Å². The zero-order valence-corrected chi connectivity index (χ0v) is 15.4. The molecule has 5 nitrogen and oxygen atoms in total. The molecule has 2 atom stereocenters. The van der Waals surface area contributed by atoms with Gasteiger partial charge < -0.3 is 4.74 Å². The van der Waals surface area contributed by atoms with Gasteiger partial charge in [0.1, 0.15) is 6.10 Å². The van der Waals surface area contributed by atoms with Crippen LogP contribution in [-0.2, 0) is 26.0 Å². The lowest BCUT2D eigenvalue weighted by atomic mass is 9.90. The molecule has 0 N–H and O–H groups in total. The van der Waals surface area contributed by atoms with Gasteiger partial charge in [0.15, 0.2) is 0 Å². The van der Waals surface area contributed by atoms with Gasteiger partial charge in [-0.25, -0.2) is 8.42 Å². The summed E-state index contributed by atoms with van der Waals surface area (Å²) in [4.78, 5) is 12.0. The minimum absolute atomic E-state index is 0.259. The van der Waals surface area contributed by atoms with Crippen LogP contribution in [0.1, 0.15) is 35.6 Å². The molecule has 0 bridgehead atoms. The smallest absolute Gasteiger partial charge is 0.306 e. The Kier molecular flexibility index (Phi) is 4.32. The molecule has 2 aromatic rings. The first-order valence-electron chi connectivity index (χ1n) is 8.82. The highest BCUT2D eigenvalue weighted by Gasteiger charge is 2.44. The van der Waals surface area contributed by atoms with Crippen LogP contribution in [0.25, 0.3) is 0 Å². The first-order chi connectivity index (χ1) is 12.5. The van der Waals surface area contributed by atoms with Gasteiger partial charge in [-0.15, -0.1) is 0 Å². The summed E-state index contributed by atoms with van der Waals surface area (Å²) in [5, 5.41) is 0. The van der Waals surface area contributed by atoms with Crippen LogP contribution in [0.3, 0.4) is 0 Å². The molecule has 4 rings (SSSR count). The molecule has 1 fully saturated rings. The van der Waals surface area contributed by atoms with Crippen LogP contribution in [0, 0.1) is 6.92 Å².